The van der Waals surface area contributed by atoms with Gasteiger partial charge in [-0.25, -0.2) is 9.89 Å². The Bertz CT molecular complexity index is 432. The van der Waals surface area contributed by atoms with E-state index in [9.17, 15) is 4.79 Å². The van der Waals surface area contributed by atoms with Crippen LogP contribution in [0.5, 0.6) is 11.8 Å². The van der Waals surface area contributed by atoms with Crippen LogP contribution >= 0.6 is 0 Å². The zero-order valence-corrected chi connectivity index (χ0v) is 6.56. The number of benzene rings is 1. The summed E-state index contributed by atoms with van der Waals surface area (Å²) in [7, 11) is 0. The lowest BCUT2D eigenvalue weighted by atomic mass is 10.3. The van der Waals surface area contributed by atoms with Crippen LogP contribution in [0, 0.1) is 0 Å². The van der Waals surface area contributed by atoms with E-state index in [1.165, 1.54) is 0 Å². The van der Waals surface area contributed by atoms with Gasteiger partial charge in [-0.15, -0.1) is 0 Å². The molecule has 2 rings (SSSR count). The second kappa shape index (κ2) is 3.14. The number of para-hydroxylation sites is 1. The van der Waals surface area contributed by atoms with Crippen molar-refractivity contribution in [3.8, 4) is 11.8 Å². The zero-order chi connectivity index (χ0) is 9.10. The predicted molar refractivity (Wildman–Crippen MR) is 43.6 cm³/mol. The highest BCUT2D eigenvalue weighted by Crippen LogP contribution is 2.15. The summed E-state index contributed by atoms with van der Waals surface area (Å²) in [6.07, 6.45) is -0.0869. The Hall–Kier alpha value is -2.04. The summed E-state index contributed by atoms with van der Waals surface area (Å²) in [5.74, 6) is -0.0660. The van der Waals surface area contributed by atoms with E-state index in [1.54, 1.807) is 24.3 Å². The van der Waals surface area contributed by atoms with E-state index in [4.69, 9.17) is 4.74 Å². The van der Waals surface area contributed by atoms with Crippen LogP contribution in [0.25, 0.3) is 0 Å². The van der Waals surface area contributed by atoms with Gasteiger partial charge < -0.3 is 9.15 Å². The minimum Gasteiger partial charge on any atom is -0.410 e. The van der Waals surface area contributed by atoms with Gasteiger partial charge in [-0.1, -0.05) is 23.3 Å². The molecule has 5 heteroatoms. The fraction of sp³-hybridized carbons (Fsp3) is 0. The van der Waals surface area contributed by atoms with Crippen molar-refractivity contribution in [2.75, 3.05) is 0 Å². The fourth-order valence-corrected chi connectivity index (χ4v) is 0.849. The lowest BCUT2D eigenvalue weighted by Crippen LogP contribution is -1.93. The van der Waals surface area contributed by atoms with Gasteiger partial charge in [-0.05, 0) is 12.1 Å². The second-order valence-corrected chi connectivity index (χ2v) is 2.29. The van der Waals surface area contributed by atoms with Crippen molar-refractivity contribution in [2.24, 2.45) is 0 Å². The molecule has 13 heavy (non-hydrogen) atoms. The van der Waals surface area contributed by atoms with Crippen LogP contribution in [0.2, 0.25) is 0 Å². The molecule has 0 aliphatic carbocycles. The number of ether oxygens (including phenoxy) is 1. The number of nitrogens with one attached hydrogen (secondary N) is 1. The van der Waals surface area contributed by atoms with Gasteiger partial charge in [0.2, 0.25) is 0 Å². The summed E-state index contributed by atoms with van der Waals surface area (Å²) in [5.41, 5.74) is 0. The third-order valence-electron chi connectivity index (χ3n) is 1.37. The first-order chi connectivity index (χ1) is 6.34. The number of rotatable bonds is 2. The molecule has 0 bridgehead atoms. The smallest absolute Gasteiger partial charge is 0.410 e. The minimum absolute atomic E-state index is 0.0869. The normalized spacial score (nSPS) is 9.85. The van der Waals surface area contributed by atoms with Crippen molar-refractivity contribution in [3.63, 3.8) is 0 Å². The van der Waals surface area contributed by atoms with E-state index in [-0.39, 0.29) is 6.08 Å². The summed E-state index contributed by atoms with van der Waals surface area (Å²) in [5, 5.41) is 5.58. The molecule has 0 amide bonds. The van der Waals surface area contributed by atoms with E-state index < -0.39 is 5.76 Å². The van der Waals surface area contributed by atoms with Crippen LogP contribution in [0.1, 0.15) is 0 Å². The molecular formula is C8H6N2O3. The van der Waals surface area contributed by atoms with Gasteiger partial charge in [-0.3, -0.25) is 0 Å². The highest BCUT2D eigenvalue weighted by Gasteiger charge is 2.02. The molecular weight excluding hydrogens is 172 g/mol. The largest absolute Gasteiger partial charge is 0.436 e. The summed E-state index contributed by atoms with van der Waals surface area (Å²) in [6.45, 7) is 0. The van der Waals surface area contributed by atoms with Crippen LogP contribution < -0.4 is 10.5 Å². The highest BCUT2D eigenvalue weighted by molar-refractivity contribution is 5.23. The monoisotopic (exact) mass is 178 g/mol. The molecule has 1 aromatic heterocycles. The third kappa shape index (κ3) is 1.76. The highest BCUT2D eigenvalue weighted by atomic mass is 16.6. The van der Waals surface area contributed by atoms with E-state index in [0.29, 0.717) is 5.75 Å². The van der Waals surface area contributed by atoms with Gasteiger partial charge in [0.1, 0.15) is 5.75 Å². The zero-order valence-electron chi connectivity index (χ0n) is 6.56. The Morgan fingerprint density at radius 2 is 2.08 bits per heavy atom. The number of aromatic amines is 1. The number of hydrogen-bond acceptors (Lipinski definition) is 4. The minimum atomic E-state index is -0.633. The number of nitrogens with zero attached hydrogens (tertiary/aromatic N) is 1. The van der Waals surface area contributed by atoms with Crippen molar-refractivity contribution in [1.82, 2.24) is 10.2 Å². The SMILES string of the molecule is O=c1[nH]nc(Oc2ccccc2)o1. The molecule has 5 nitrogen and oxygen atoms in total. The topological polar surface area (TPSA) is 68.1 Å². The van der Waals surface area contributed by atoms with Crippen LogP contribution in [0.15, 0.2) is 39.5 Å². The first-order valence-electron chi connectivity index (χ1n) is 3.63. The quantitative estimate of drug-likeness (QED) is 0.749. The molecule has 0 aliphatic rings. The first-order valence-corrected chi connectivity index (χ1v) is 3.63. The lowest BCUT2D eigenvalue weighted by molar-refractivity contribution is 0.320. The second-order valence-electron chi connectivity index (χ2n) is 2.29. The maximum atomic E-state index is 10.5. The Labute approximate surface area is 73.0 Å². The number of aromatic nitrogens is 2. The Morgan fingerprint density at radius 1 is 1.31 bits per heavy atom. The van der Waals surface area contributed by atoms with Gasteiger partial charge in [0.15, 0.2) is 0 Å². The van der Waals surface area contributed by atoms with Crippen molar-refractivity contribution < 1.29 is 9.15 Å². The van der Waals surface area contributed by atoms with Crippen molar-refractivity contribution in [3.05, 3.63) is 40.9 Å². The third-order valence-corrected chi connectivity index (χ3v) is 1.37. The van der Waals surface area contributed by atoms with Gasteiger partial charge in [0.25, 0.3) is 0 Å². The average Bonchev–Trinajstić information content (AvgIpc) is 2.53. The molecule has 1 N–H and O–H groups in total. The van der Waals surface area contributed by atoms with Crippen molar-refractivity contribution in [1.29, 1.82) is 0 Å². The maximum absolute atomic E-state index is 10.5. The van der Waals surface area contributed by atoms with Crippen LogP contribution in [0.3, 0.4) is 0 Å². The van der Waals surface area contributed by atoms with Gasteiger partial charge in [-0.2, -0.15) is 0 Å². The summed E-state index contributed by atoms with van der Waals surface area (Å²) < 4.78 is 9.63. The average molecular weight is 178 g/mol. The molecule has 1 aromatic carbocycles. The fourth-order valence-electron chi connectivity index (χ4n) is 0.849. The molecule has 66 valence electrons. The van der Waals surface area contributed by atoms with Gasteiger partial charge in [0.05, 0.1) is 0 Å². The Balaban J connectivity index is 2.20. The lowest BCUT2D eigenvalue weighted by Gasteiger charge is -1.96. The Morgan fingerprint density at radius 3 is 2.69 bits per heavy atom. The molecule has 0 radical (unpaired) electrons. The van der Waals surface area contributed by atoms with Crippen molar-refractivity contribution in [2.45, 2.75) is 0 Å². The molecule has 0 fully saturated rings. The van der Waals surface area contributed by atoms with E-state index in [2.05, 4.69) is 14.6 Å². The molecule has 0 saturated carbocycles. The maximum Gasteiger partial charge on any atom is 0.436 e. The molecule has 0 atom stereocenters. The molecule has 2 aromatic rings. The first kappa shape index (κ1) is 7.60. The van der Waals surface area contributed by atoms with E-state index >= 15 is 0 Å². The van der Waals surface area contributed by atoms with E-state index in [1.807, 2.05) is 6.07 Å². The Kier molecular flexibility index (Phi) is 1.84. The number of hydrogen-bond donors (Lipinski definition) is 1. The molecule has 0 spiro atoms. The summed E-state index contributed by atoms with van der Waals surface area (Å²) in [4.78, 5) is 10.5. The van der Waals surface area contributed by atoms with Crippen molar-refractivity contribution >= 4 is 0 Å². The molecule has 1 heterocycles. The van der Waals surface area contributed by atoms with Gasteiger partial charge in [0, 0.05) is 0 Å². The van der Waals surface area contributed by atoms with E-state index in [0.717, 1.165) is 0 Å². The number of H-pyrrole nitrogens is 1. The predicted octanol–water partition coefficient (Wildman–Crippen LogP) is 1.16. The molecule has 0 aliphatic heterocycles. The summed E-state index contributed by atoms with van der Waals surface area (Å²) >= 11 is 0. The van der Waals surface area contributed by atoms with Crippen LogP contribution in [0.4, 0.5) is 0 Å². The van der Waals surface area contributed by atoms with Gasteiger partial charge >= 0.3 is 11.8 Å². The van der Waals surface area contributed by atoms with Crippen LogP contribution in [-0.2, 0) is 0 Å². The molecule has 0 saturated heterocycles. The summed E-state index contributed by atoms with van der Waals surface area (Å²) in [6, 6.07) is 8.93. The standard InChI is InChI=1S/C8H6N2O3/c11-7-9-10-8(13-7)12-6-4-2-1-3-5-6/h1-5H,(H,9,11). The molecule has 0 unspecified atom stereocenters. The van der Waals surface area contributed by atoms with Crippen LogP contribution in [-0.4, -0.2) is 10.2 Å².